The van der Waals surface area contributed by atoms with Gasteiger partial charge < -0.3 is 4.84 Å². The van der Waals surface area contributed by atoms with Crippen LogP contribution in [-0.2, 0) is 15.0 Å². The molecular formula is C18H11ClFNO4. The van der Waals surface area contributed by atoms with E-state index in [1.54, 1.807) is 12.1 Å². The van der Waals surface area contributed by atoms with Crippen molar-refractivity contribution in [2.24, 2.45) is 0 Å². The van der Waals surface area contributed by atoms with Gasteiger partial charge in [0.15, 0.2) is 0 Å². The summed E-state index contributed by atoms with van der Waals surface area (Å²) >= 11 is 5.74. The van der Waals surface area contributed by atoms with Gasteiger partial charge in [0.25, 0.3) is 11.8 Å². The molecule has 25 heavy (non-hydrogen) atoms. The number of halogens is 2. The zero-order valence-electron chi connectivity index (χ0n) is 12.8. The maximum atomic E-state index is 14.2. The summed E-state index contributed by atoms with van der Waals surface area (Å²) in [5.41, 5.74) is -0.701. The number of amides is 2. The highest BCUT2D eigenvalue weighted by Gasteiger charge is 2.56. The lowest BCUT2D eigenvalue weighted by atomic mass is 9.96. The number of nitrogens with zero attached hydrogens (tertiary/aromatic N) is 1. The summed E-state index contributed by atoms with van der Waals surface area (Å²) in [7, 11) is 0. The van der Waals surface area contributed by atoms with Gasteiger partial charge in [-0.1, -0.05) is 34.9 Å². The number of hydroxylamine groups is 2. The number of hydrogen-bond donors (Lipinski definition) is 0. The van der Waals surface area contributed by atoms with Crippen molar-refractivity contribution >= 4 is 29.4 Å². The molecule has 0 atom stereocenters. The van der Waals surface area contributed by atoms with Crippen molar-refractivity contribution in [1.29, 1.82) is 0 Å². The molecule has 1 heterocycles. The van der Waals surface area contributed by atoms with Gasteiger partial charge in [0, 0.05) is 10.6 Å². The first kappa shape index (κ1) is 15.8. The minimum Gasteiger partial charge on any atom is -0.329 e. The van der Waals surface area contributed by atoms with Crippen molar-refractivity contribution in [3.63, 3.8) is 0 Å². The van der Waals surface area contributed by atoms with Crippen LogP contribution in [0.2, 0.25) is 5.02 Å². The average Bonchev–Trinajstić information content (AvgIpc) is 3.36. The molecule has 2 aromatic carbocycles. The Morgan fingerprint density at radius 2 is 1.68 bits per heavy atom. The van der Waals surface area contributed by atoms with Gasteiger partial charge in [-0.2, -0.15) is 0 Å². The van der Waals surface area contributed by atoms with E-state index in [9.17, 15) is 18.8 Å². The van der Waals surface area contributed by atoms with Crippen molar-refractivity contribution in [1.82, 2.24) is 5.06 Å². The Morgan fingerprint density at radius 3 is 2.20 bits per heavy atom. The Morgan fingerprint density at radius 1 is 1.08 bits per heavy atom. The first-order chi connectivity index (χ1) is 11.9. The maximum Gasteiger partial charge on any atom is 0.343 e. The third-order valence-electron chi connectivity index (χ3n) is 4.52. The molecule has 5 nitrogen and oxygen atoms in total. The van der Waals surface area contributed by atoms with Crippen molar-refractivity contribution in [3.8, 4) is 0 Å². The lowest BCUT2D eigenvalue weighted by molar-refractivity contribution is -0.172. The maximum absolute atomic E-state index is 14.2. The minimum absolute atomic E-state index is 0.151. The Hall–Kier alpha value is -2.73. The van der Waals surface area contributed by atoms with Gasteiger partial charge in [-0.15, -0.1) is 0 Å². The summed E-state index contributed by atoms with van der Waals surface area (Å²) in [4.78, 5) is 42.2. The van der Waals surface area contributed by atoms with Crippen LogP contribution in [0.1, 0.15) is 39.1 Å². The lowest BCUT2D eigenvalue weighted by Crippen LogP contribution is -2.37. The van der Waals surface area contributed by atoms with Crippen molar-refractivity contribution in [2.45, 2.75) is 18.3 Å². The molecule has 126 valence electrons. The van der Waals surface area contributed by atoms with Gasteiger partial charge in [-0.05, 0) is 37.1 Å². The Balaban J connectivity index is 1.61. The van der Waals surface area contributed by atoms with E-state index in [0.29, 0.717) is 17.9 Å². The normalized spacial score (nSPS) is 17.4. The second-order valence-electron chi connectivity index (χ2n) is 6.04. The fourth-order valence-electron chi connectivity index (χ4n) is 3.01. The van der Waals surface area contributed by atoms with E-state index < -0.39 is 29.0 Å². The SMILES string of the molecule is O=C1c2ccccc2C(=O)N1OC(=O)C1(c2ccc(Cl)cc2F)CC1. The van der Waals surface area contributed by atoms with E-state index in [0.717, 1.165) is 6.07 Å². The molecule has 0 aromatic heterocycles. The summed E-state index contributed by atoms with van der Waals surface area (Å²) in [5.74, 6) is -2.87. The molecule has 4 rings (SSSR count). The number of fused-ring (bicyclic) bond motifs is 1. The quantitative estimate of drug-likeness (QED) is 0.789. The molecule has 1 saturated carbocycles. The van der Waals surface area contributed by atoms with Crippen molar-refractivity contribution in [3.05, 3.63) is 70.0 Å². The number of rotatable bonds is 3. The molecule has 0 spiro atoms. The van der Waals surface area contributed by atoms with Crippen molar-refractivity contribution < 1.29 is 23.6 Å². The molecule has 2 aromatic rings. The largest absolute Gasteiger partial charge is 0.343 e. The third-order valence-corrected chi connectivity index (χ3v) is 4.75. The standard InChI is InChI=1S/C18H11ClFNO4/c19-10-5-6-13(14(20)9-10)18(7-8-18)17(24)25-21-15(22)11-3-1-2-4-12(11)16(21)23/h1-6,9H,7-8H2. The molecule has 0 N–H and O–H groups in total. The van der Waals surface area contributed by atoms with Gasteiger partial charge in [0.2, 0.25) is 0 Å². The molecule has 2 amide bonds. The first-order valence-corrected chi connectivity index (χ1v) is 7.97. The smallest absolute Gasteiger partial charge is 0.329 e. The topological polar surface area (TPSA) is 63.7 Å². The van der Waals surface area contributed by atoms with Crippen LogP contribution in [0, 0.1) is 5.82 Å². The van der Waals surface area contributed by atoms with Gasteiger partial charge in [0.1, 0.15) is 5.82 Å². The highest BCUT2D eigenvalue weighted by molar-refractivity contribution is 6.30. The Kier molecular flexibility index (Phi) is 3.40. The molecule has 0 saturated heterocycles. The van der Waals surface area contributed by atoms with Gasteiger partial charge in [-0.3, -0.25) is 9.59 Å². The van der Waals surface area contributed by atoms with E-state index in [1.807, 2.05) is 0 Å². The van der Waals surface area contributed by atoms with Crippen LogP contribution in [-0.4, -0.2) is 22.8 Å². The van der Waals surface area contributed by atoms with Gasteiger partial charge >= 0.3 is 5.97 Å². The summed E-state index contributed by atoms with van der Waals surface area (Å²) in [6, 6.07) is 10.2. The van der Waals surface area contributed by atoms with Crippen molar-refractivity contribution in [2.75, 3.05) is 0 Å². The molecule has 7 heteroatoms. The first-order valence-electron chi connectivity index (χ1n) is 7.60. The van der Waals surface area contributed by atoms with Crippen LogP contribution in [0.5, 0.6) is 0 Å². The summed E-state index contributed by atoms with van der Waals surface area (Å²) in [6.07, 6.45) is 0.737. The van der Waals surface area contributed by atoms with E-state index >= 15 is 0 Å². The molecule has 0 unspecified atom stereocenters. The molecule has 1 fully saturated rings. The number of carbonyl (C=O) groups excluding carboxylic acids is 3. The number of benzene rings is 2. The molecule has 2 aliphatic rings. The Bertz CT molecular complexity index is 903. The summed E-state index contributed by atoms with van der Waals surface area (Å²) in [6.45, 7) is 0. The molecular weight excluding hydrogens is 349 g/mol. The molecule has 0 radical (unpaired) electrons. The monoisotopic (exact) mass is 359 g/mol. The zero-order chi connectivity index (χ0) is 17.8. The van der Waals surface area contributed by atoms with Crippen LogP contribution in [0.25, 0.3) is 0 Å². The fraction of sp³-hybridized carbons (Fsp3) is 0.167. The van der Waals surface area contributed by atoms with Gasteiger partial charge in [-0.25, -0.2) is 9.18 Å². The van der Waals surface area contributed by atoms with E-state index in [1.165, 1.54) is 24.3 Å². The minimum atomic E-state index is -1.19. The van der Waals surface area contributed by atoms with E-state index in [4.69, 9.17) is 16.4 Å². The van der Waals surface area contributed by atoms with Crippen LogP contribution < -0.4 is 0 Å². The second kappa shape index (κ2) is 5.39. The number of carbonyl (C=O) groups is 3. The second-order valence-corrected chi connectivity index (χ2v) is 6.47. The lowest BCUT2D eigenvalue weighted by Gasteiger charge is -2.19. The molecule has 0 bridgehead atoms. The zero-order valence-corrected chi connectivity index (χ0v) is 13.5. The predicted molar refractivity (Wildman–Crippen MR) is 85.4 cm³/mol. The highest BCUT2D eigenvalue weighted by Crippen LogP contribution is 2.50. The third kappa shape index (κ3) is 2.33. The highest BCUT2D eigenvalue weighted by atomic mass is 35.5. The number of hydrogen-bond acceptors (Lipinski definition) is 4. The van der Waals surface area contributed by atoms with Crippen LogP contribution in [0.15, 0.2) is 42.5 Å². The summed E-state index contributed by atoms with van der Waals surface area (Å²) in [5, 5.41) is 0.659. The van der Waals surface area contributed by atoms with E-state index in [2.05, 4.69) is 0 Å². The molecule has 1 aliphatic heterocycles. The van der Waals surface area contributed by atoms with Crippen LogP contribution in [0.3, 0.4) is 0 Å². The van der Waals surface area contributed by atoms with Crippen LogP contribution >= 0.6 is 11.6 Å². The molecule has 1 aliphatic carbocycles. The average molecular weight is 360 g/mol. The Labute approximate surface area is 146 Å². The fourth-order valence-corrected chi connectivity index (χ4v) is 3.17. The number of imide groups is 1. The predicted octanol–water partition coefficient (Wildman–Crippen LogP) is 3.27. The van der Waals surface area contributed by atoms with Crippen LogP contribution in [0.4, 0.5) is 4.39 Å². The van der Waals surface area contributed by atoms with Gasteiger partial charge in [0.05, 0.1) is 16.5 Å². The summed E-state index contributed by atoms with van der Waals surface area (Å²) < 4.78 is 14.2. The van der Waals surface area contributed by atoms with E-state index in [-0.39, 0.29) is 21.7 Å².